The molecule has 4 rings (SSSR count). The molecule has 0 aliphatic carbocycles. The molecule has 0 unspecified atom stereocenters. The fourth-order valence-electron chi connectivity index (χ4n) is 2.22. The Morgan fingerprint density at radius 1 is 0.900 bits per heavy atom. The number of nitrogens with zero attached hydrogens (tertiary/aromatic N) is 3. The molecule has 4 aromatic rings. The monoisotopic (exact) mass is 278 g/mol. The van der Waals surface area contributed by atoms with E-state index in [-0.39, 0.29) is 0 Å². The third kappa shape index (κ3) is 1.80. The Kier molecular flexibility index (Phi) is 2.57. The van der Waals surface area contributed by atoms with Gasteiger partial charge >= 0.3 is 0 Å². The predicted octanol–water partition coefficient (Wildman–Crippen LogP) is 3.75. The minimum Gasteiger partial charge on any atom is -0.278 e. The van der Waals surface area contributed by atoms with Crippen LogP contribution in [0.4, 0.5) is 0 Å². The Morgan fingerprint density at radius 2 is 1.75 bits per heavy atom. The molecule has 3 heterocycles. The van der Waals surface area contributed by atoms with Crippen LogP contribution in [0.1, 0.15) is 0 Å². The molecule has 96 valence electrons. The average molecular weight is 278 g/mol. The molecular weight excluding hydrogens is 268 g/mol. The fraction of sp³-hybridized carbons (Fsp3) is 0. The van der Waals surface area contributed by atoms with Crippen molar-refractivity contribution in [1.29, 1.82) is 0 Å². The van der Waals surface area contributed by atoms with E-state index >= 15 is 0 Å². The van der Waals surface area contributed by atoms with E-state index in [4.69, 9.17) is 0 Å². The van der Waals surface area contributed by atoms with Gasteiger partial charge in [-0.3, -0.25) is 5.10 Å². The van der Waals surface area contributed by atoms with Gasteiger partial charge in [-0.1, -0.05) is 24.3 Å². The second-order valence-electron chi connectivity index (χ2n) is 4.40. The number of fused-ring (bicyclic) bond motifs is 1. The van der Waals surface area contributed by atoms with Gasteiger partial charge < -0.3 is 0 Å². The van der Waals surface area contributed by atoms with Crippen molar-refractivity contribution in [2.24, 2.45) is 0 Å². The number of aromatic amines is 1. The quantitative estimate of drug-likeness (QED) is 0.607. The highest BCUT2D eigenvalue weighted by Gasteiger charge is 2.08. The maximum Gasteiger partial charge on any atom is 0.116 e. The van der Waals surface area contributed by atoms with Crippen molar-refractivity contribution in [3.8, 4) is 22.5 Å². The summed E-state index contributed by atoms with van der Waals surface area (Å²) in [6, 6.07) is 12.3. The largest absolute Gasteiger partial charge is 0.278 e. The zero-order chi connectivity index (χ0) is 13.4. The topological polar surface area (TPSA) is 54.5 Å². The highest BCUT2D eigenvalue weighted by molar-refractivity contribution is 7.17. The zero-order valence-electron chi connectivity index (χ0n) is 10.4. The van der Waals surface area contributed by atoms with Gasteiger partial charge in [-0.05, 0) is 23.1 Å². The van der Waals surface area contributed by atoms with Crippen molar-refractivity contribution in [1.82, 2.24) is 20.2 Å². The molecule has 0 fully saturated rings. The normalized spacial score (nSPS) is 11.0. The van der Waals surface area contributed by atoms with E-state index in [1.54, 1.807) is 23.9 Å². The van der Waals surface area contributed by atoms with Gasteiger partial charge in [-0.25, -0.2) is 9.97 Å². The number of nitrogens with one attached hydrogen (secondary N) is 1. The summed E-state index contributed by atoms with van der Waals surface area (Å²) in [5.74, 6) is 0. The summed E-state index contributed by atoms with van der Waals surface area (Å²) in [5.41, 5.74) is 5.21. The predicted molar refractivity (Wildman–Crippen MR) is 80.4 cm³/mol. The summed E-state index contributed by atoms with van der Waals surface area (Å²) in [6.07, 6.45) is 3.37. The number of hydrogen-bond acceptors (Lipinski definition) is 4. The van der Waals surface area contributed by atoms with Crippen LogP contribution in [0.2, 0.25) is 0 Å². The molecule has 3 aromatic heterocycles. The van der Waals surface area contributed by atoms with Gasteiger partial charge in [0.2, 0.25) is 0 Å². The van der Waals surface area contributed by atoms with Crippen LogP contribution in [0, 0.1) is 0 Å². The summed E-state index contributed by atoms with van der Waals surface area (Å²) >= 11 is 1.67. The standard InChI is InChI=1S/C15H10N4S/c1-3-11(4-2-10(1)12-5-7-18-19-12)14-15-13(6-8-20-15)16-9-17-14/h1-9H,(H,18,19). The van der Waals surface area contributed by atoms with Crippen LogP contribution in [0.25, 0.3) is 32.7 Å². The minimum atomic E-state index is 0.987. The first-order chi connectivity index (χ1) is 9.92. The van der Waals surface area contributed by atoms with Gasteiger partial charge in [0.1, 0.15) is 6.33 Å². The smallest absolute Gasteiger partial charge is 0.116 e. The molecule has 0 atom stereocenters. The van der Waals surface area contributed by atoms with E-state index in [2.05, 4.69) is 44.4 Å². The van der Waals surface area contributed by atoms with E-state index in [1.807, 2.05) is 17.5 Å². The Hall–Kier alpha value is -2.53. The van der Waals surface area contributed by atoms with Gasteiger partial charge in [0.05, 0.1) is 21.6 Å². The van der Waals surface area contributed by atoms with Crippen molar-refractivity contribution in [2.75, 3.05) is 0 Å². The van der Waals surface area contributed by atoms with Crippen molar-refractivity contribution in [3.63, 3.8) is 0 Å². The molecule has 0 aliphatic heterocycles. The molecule has 0 radical (unpaired) electrons. The average Bonchev–Trinajstić information content (AvgIpc) is 3.18. The van der Waals surface area contributed by atoms with Crippen LogP contribution in [-0.2, 0) is 0 Å². The van der Waals surface area contributed by atoms with Gasteiger partial charge in [-0.15, -0.1) is 11.3 Å². The van der Waals surface area contributed by atoms with Gasteiger partial charge in [0.15, 0.2) is 0 Å². The van der Waals surface area contributed by atoms with Crippen molar-refractivity contribution < 1.29 is 0 Å². The third-order valence-corrected chi connectivity index (χ3v) is 4.12. The molecule has 0 bridgehead atoms. The van der Waals surface area contributed by atoms with E-state index in [0.29, 0.717) is 0 Å². The molecule has 4 nitrogen and oxygen atoms in total. The zero-order valence-corrected chi connectivity index (χ0v) is 11.3. The van der Waals surface area contributed by atoms with Crippen molar-refractivity contribution >= 4 is 21.6 Å². The van der Waals surface area contributed by atoms with E-state index in [9.17, 15) is 0 Å². The molecule has 0 saturated carbocycles. The fourth-order valence-corrected chi connectivity index (χ4v) is 3.08. The van der Waals surface area contributed by atoms with Crippen LogP contribution in [-0.4, -0.2) is 20.2 Å². The molecule has 0 aliphatic rings. The summed E-state index contributed by atoms with van der Waals surface area (Å²) < 4.78 is 1.13. The lowest BCUT2D eigenvalue weighted by Crippen LogP contribution is -1.86. The second kappa shape index (κ2) is 4.54. The molecule has 1 aromatic carbocycles. The lowest BCUT2D eigenvalue weighted by molar-refractivity contribution is 1.10. The molecular formula is C15H10N4S. The van der Waals surface area contributed by atoms with Gasteiger partial charge in [0.25, 0.3) is 0 Å². The summed E-state index contributed by atoms with van der Waals surface area (Å²) in [6.45, 7) is 0. The lowest BCUT2D eigenvalue weighted by atomic mass is 10.1. The summed E-state index contributed by atoms with van der Waals surface area (Å²) in [5, 5.41) is 8.98. The first kappa shape index (κ1) is 11.3. The summed E-state index contributed by atoms with van der Waals surface area (Å²) in [7, 11) is 0. The number of benzene rings is 1. The Bertz CT molecular complexity index is 847. The van der Waals surface area contributed by atoms with E-state index in [1.165, 1.54) is 0 Å². The van der Waals surface area contributed by atoms with Crippen LogP contribution in [0.15, 0.2) is 54.3 Å². The number of H-pyrrole nitrogens is 1. The lowest BCUT2D eigenvalue weighted by Gasteiger charge is -2.03. The highest BCUT2D eigenvalue weighted by atomic mass is 32.1. The first-order valence-electron chi connectivity index (χ1n) is 6.20. The molecule has 0 saturated heterocycles. The third-order valence-electron chi connectivity index (χ3n) is 3.21. The van der Waals surface area contributed by atoms with Gasteiger partial charge in [0, 0.05) is 11.8 Å². The second-order valence-corrected chi connectivity index (χ2v) is 5.32. The van der Waals surface area contributed by atoms with Crippen LogP contribution in [0.5, 0.6) is 0 Å². The number of thiophene rings is 1. The first-order valence-corrected chi connectivity index (χ1v) is 7.08. The molecule has 0 spiro atoms. The molecule has 5 heteroatoms. The Morgan fingerprint density at radius 3 is 2.55 bits per heavy atom. The Labute approximate surface area is 119 Å². The summed E-state index contributed by atoms with van der Waals surface area (Å²) in [4.78, 5) is 8.69. The Balaban J connectivity index is 1.81. The number of rotatable bonds is 2. The maximum absolute atomic E-state index is 4.42. The molecule has 20 heavy (non-hydrogen) atoms. The number of aromatic nitrogens is 4. The SMILES string of the molecule is c1cc(-c2ccc(-c3ncnc4ccsc34)cc2)[nH]n1. The van der Waals surface area contributed by atoms with Crippen LogP contribution >= 0.6 is 11.3 Å². The van der Waals surface area contributed by atoms with E-state index in [0.717, 1.165) is 32.7 Å². The highest BCUT2D eigenvalue weighted by Crippen LogP contribution is 2.30. The van der Waals surface area contributed by atoms with Gasteiger partial charge in [-0.2, -0.15) is 5.10 Å². The maximum atomic E-state index is 4.42. The van der Waals surface area contributed by atoms with E-state index < -0.39 is 0 Å². The minimum absolute atomic E-state index is 0.987. The van der Waals surface area contributed by atoms with Crippen molar-refractivity contribution in [3.05, 3.63) is 54.3 Å². The molecule has 1 N–H and O–H groups in total. The van der Waals surface area contributed by atoms with Crippen LogP contribution < -0.4 is 0 Å². The van der Waals surface area contributed by atoms with Crippen molar-refractivity contribution in [2.45, 2.75) is 0 Å². The number of hydrogen-bond donors (Lipinski definition) is 1. The molecule has 0 amide bonds. The van der Waals surface area contributed by atoms with Crippen LogP contribution in [0.3, 0.4) is 0 Å².